The van der Waals surface area contributed by atoms with Crippen LogP contribution < -0.4 is 10.6 Å². The Morgan fingerprint density at radius 3 is 1.96 bits per heavy atom. The lowest BCUT2D eigenvalue weighted by molar-refractivity contribution is -0.120. The summed E-state index contributed by atoms with van der Waals surface area (Å²) in [6, 6.07) is 19.7. The van der Waals surface area contributed by atoms with E-state index in [2.05, 4.69) is 10.6 Å². The largest absolute Gasteiger partial charge is 0.478 e. The Morgan fingerprint density at radius 2 is 1.32 bits per heavy atom. The van der Waals surface area contributed by atoms with Gasteiger partial charge in [0.25, 0.3) is 5.91 Å². The molecule has 0 spiro atoms. The first kappa shape index (κ1) is 19.1. The van der Waals surface area contributed by atoms with Gasteiger partial charge in [-0.05, 0) is 28.5 Å². The minimum atomic E-state index is -1.16. The molecule has 142 valence electrons. The van der Waals surface area contributed by atoms with Crippen molar-refractivity contribution in [3.63, 3.8) is 0 Å². The molecule has 0 aliphatic heterocycles. The number of hydrogen-bond donors (Lipinski definition) is 3. The van der Waals surface area contributed by atoms with Crippen LogP contribution >= 0.6 is 0 Å². The number of aromatic carboxylic acids is 1. The molecule has 28 heavy (non-hydrogen) atoms. The highest BCUT2D eigenvalue weighted by atomic mass is 16.4. The number of nitrogens with one attached hydrogen (secondary N) is 2. The summed E-state index contributed by atoms with van der Waals surface area (Å²) in [6.07, 6.45) is 0.266. The van der Waals surface area contributed by atoms with Gasteiger partial charge in [0.2, 0.25) is 5.91 Å². The minimum absolute atomic E-state index is 0.0516. The van der Waals surface area contributed by atoms with E-state index >= 15 is 0 Å². The van der Waals surface area contributed by atoms with Crippen LogP contribution in [0.2, 0.25) is 0 Å². The Morgan fingerprint density at radius 1 is 0.750 bits per heavy atom. The molecule has 6 heteroatoms. The summed E-state index contributed by atoms with van der Waals surface area (Å²) in [5, 5.41) is 16.4. The van der Waals surface area contributed by atoms with E-state index in [0.29, 0.717) is 0 Å². The highest BCUT2D eigenvalue weighted by Gasteiger charge is 2.17. The standard InChI is InChI=1S/C22H20N2O4/c25-20(12-15-6-2-1-3-7-15)23-10-11-24-21(26)18-13-16-8-4-5-9-17(16)14-19(18)22(27)28/h1-9,13-14H,10-12H2,(H,23,25)(H,24,26)(H,27,28). The summed E-state index contributed by atoms with van der Waals surface area (Å²) in [4.78, 5) is 35.9. The predicted octanol–water partition coefficient (Wildman–Crippen LogP) is 2.63. The van der Waals surface area contributed by atoms with E-state index in [1.807, 2.05) is 48.5 Å². The number of rotatable bonds is 7. The first-order chi connectivity index (χ1) is 13.5. The Hall–Kier alpha value is -3.67. The summed E-state index contributed by atoms with van der Waals surface area (Å²) in [7, 11) is 0. The molecule has 0 bridgehead atoms. The van der Waals surface area contributed by atoms with Crippen molar-refractivity contribution in [2.75, 3.05) is 13.1 Å². The van der Waals surface area contributed by atoms with Gasteiger partial charge in [0.1, 0.15) is 0 Å². The van der Waals surface area contributed by atoms with Crippen LogP contribution in [-0.4, -0.2) is 36.0 Å². The van der Waals surface area contributed by atoms with E-state index in [4.69, 9.17) is 0 Å². The number of amides is 2. The summed E-state index contributed by atoms with van der Waals surface area (Å²) in [6.45, 7) is 0.457. The predicted molar refractivity (Wildman–Crippen MR) is 106 cm³/mol. The Labute approximate surface area is 162 Å². The Kier molecular flexibility index (Phi) is 6.01. The van der Waals surface area contributed by atoms with Gasteiger partial charge in [-0.1, -0.05) is 54.6 Å². The van der Waals surface area contributed by atoms with Crippen LogP contribution in [0.15, 0.2) is 66.7 Å². The third-order valence-corrected chi connectivity index (χ3v) is 4.30. The zero-order valence-electron chi connectivity index (χ0n) is 15.1. The van der Waals surface area contributed by atoms with Crippen molar-refractivity contribution in [1.29, 1.82) is 0 Å². The molecule has 0 radical (unpaired) electrons. The quantitative estimate of drug-likeness (QED) is 0.553. The van der Waals surface area contributed by atoms with Crippen LogP contribution in [0.4, 0.5) is 0 Å². The average molecular weight is 376 g/mol. The minimum Gasteiger partial charge on any atom is -0.478 e. The molecule has 3 N–H and O–H groups in total. The molecule has 0 saturated carbocycles. The van der Waals surface area contributed by atoms with E-state index in [-0.39, 0.29) is 36.5 Å². The van der Waals surface area contributed by atoms with Gasteiger partial charge in [-0.3, -0.25) is 9.59 Å². The van der Waals surface area contributed by atoms with Crippen molar-refractivity contribution in [1.82, 2.24) is 10.6 Å². The van der Waals surface area contributed by atoms with E-state index in [1.54, 1.807) is 12.1 Å². The lowest BCUT2D eigenvalue weighted by Crippen LogP contribution is -2.35. The van der Waals surface area contributed by atoms with Gasteiger partial charge in [0.15, 0.2) is 0 Å². The van der Waals surface area contributed by atoms with E-state index < -0.39 is 11.9 Å². The molecule has 0 atom stereocenters. The molecule has 2 amide bonds. The first-order valence-electron chi connectivity index (χ1n) is 8.89. The number of fused-ring (bicyclic) bond motifs is 1. The fourth-order valence-corrected chi connectivity index (χ4v) is 2.92. The second kappa shape index (κ2) is 8.81. The fourth-order valence-electron chi connectivity index (χ4n) is 2.92. The van der Waals surface area contributed by atoms with Crippen LogP contribution in [0.25, 0.3) is 10.8 Å². The smallest absolute Gasteiger partial charge is 0.336 e. The molecule has 0 aliphatic carbocycles. The summed E-state index contributed by atoms with van der Waals surface area (Å²) in [5.41, 5.74) is 0.956. The Balaban J connectivity index is 1.58. The molecule has 3 aromatic rings. The highest BCUT2D eigenvalue weighted by molar-refractivity contribution is 6.08. The molecule has 0 fully saturated rings. The maximum absolute atomic E-state index is 12.5. The van der Waals surface area contributed by atoms with E-state index in [1.165, 1.54) is 6.07 Å². The number of carbonyl (C=O) groups is 3. The monoisotopic (exact) mass is 376 g/mol. The van der Waals surface area contributed by atoms with Crippen LogP contribution in [0, 0.1) is 0 Å². The molecule has 0 aliphatic rings. The van der Waals surface area contributed by atoms with Crippen LogP contribution in [-0.2, 0) is 11.2 Å². The summed E-state index contributed by atoms with van der Waals surface area (Å²) >= 11 is 0. The average Bonchev–Trinajstić information content (AvgIpc) is 2.70. The Bertz CT molecular complexity index is 1020. The summed E-state index contributed by atoms with van der Waals surface area (Å²) < 4.78 is 0. The van der Waals surface area contributed by atoms with Gasteiger partial charge in [-0.25, -0.2) is 4.79 Å². The van der Waals surface area contributed by atoms with E-state index in [9.17, 15) is 19.5 Å². The van der Waals surface area contributed by atoms with Crippen molar-refractivity contribution >= 4 is 28.6 Å². The number of carboxylic acid groups (broad SMARTS) is 1. The maximum Gasteiger partial charge on any atom is 0.336 e. The zero-order valence-corrected chi connectivity index (χ0v) is 15.1. The van der Waals surface area contributed by atoms with Gasteiger partial charge in [0, 0.05) is 13.1 Å². The molecule has 6 nitrogen and oxygen atoms in total. The lowest BCUT2D eigenvalue weighted by atomic mass is 10.0. The molecule has 0 unspecified atom stereocenters. The van der Waals surface area contributed by atoms with Gasteiger partial charge in [-0.15, -0.1) is 0 Å². The van der Waals surface area contributed by atoms with Crippen molar-refractivity contribution in [3.8, 4) is 0 Å². The molecule has 0 saturated heterocycles. The van der Waals surface area contributed by atoms with Crippen LogP contribution in [0.3, 0.4) is 0 Å². The molecule has 0 heterocycles. The normalized spacial score (nSPS) is 10.4. The summed E-state index contributed by atoms with van der Waals surface area (Å²) in [5.74, 6) is -1.79. The second-order valence-corrected chi connectivity index (χ2v) is 6.32. The first-order valence-corrected chi connectivity index (χ1v) is 8.89. The molecular weight excluding hydrogens is 356 g/mol. The third kappa shape index (κ3) is 4.73. The van der Waals surface area contributed by atoms with Crippen LogP contribution in [0.5, 0.6) is 0 Å². The molecule has 0 aromatic heterocycles. The molecule has 3 rings (SSSR count). The third-order valence-electron chi connectivity index (χ3n) is 4.30. The van der Waals surface area contributed by atoms with E-state index in [0.717, 1.165) is 16.3 Å². The topological polar surface area (TPSA) is 95.5 Å². The lowest BCUT2D eigenvalue weighted by Gasteiger charge is -2.10. The fraction of sp³-hybridized carbons (Fsp3) is 0.136. The highest BCUT2D eigenvalue weighted by Crippen LogP contribution is 2.20. The number of carboxylic acids is 1. The number of benzene rings is 3. The van der Waals surface area contributed by atoms with Gasteiger partial charge >= 0.3 is 5.97 Å². The van der Waals surface area contributed by atoms with Crippen molar-refractivity contribution in [3.05, 3.63) is 83.4 Å². The SMILES string of the molecule is O=C(Cc1ccccc1)NCCNC(=O)c1cc2ccccc2cc1C(=O)O. The van der Waals surface area contributed by atoms with Crippen molar-refractivity contribution in [2.45, 2.75) is 6.42 Å². The second-order valence-electron chi connectivity index (χ2n) is 6.32. The van der Waals surface area contributed by atoms with Crippen molar-refractivity contribution < 1.29 is 19.5 Å². The maximum atomic E-state index is 12.5. The van der Waals surface area contributed by atoms with Crippen molar-refractivity contribution in [2.24, 2.45) is 0 Å². The van der Waals surface area contributed by atoms with Gasteiger partial charge in [-0.2, -0.15) is 0 Å². The number of hydrogen-bond acceptors (Lipinski definition) is 3. The molecule has 3 aromatic carbocycles. The molecular formula is C22H20N2O4. The number of carbonyl (C=O) groups excluding carboxylic acids is 2. The van der Waals surface area contributed by atoms with Gasteiger partial charge < -0.3 is 15.7 Å². The van der Waals surface area contributed by atoms with Gasteiger partial charge in [0.05, 0.1) is 17.5 Å². The van der Waals surface area contributed by atoms with Crippen LogP contribution in [0.1, 0.15) is 26.3 Å². The zero-order chi connectivity index (χ0) is 19.9.